The van der Waals surface area contributed by atoms with Crippen molar-refractivity contribution in [2.45, 2.75) is 32.7 Å². The molecule has 0 aliphatic rings. The molecule has 0 rings (SSSR count). The van der Waals surface area contributed by atoms with E-state index in [1.807, 2.05) is 13.8 Å². The van der Waals surface area contributed by atoms with Crippen molar-refractivity contribution in [3.05, 3.63) is 0 Å². The quantitative estimate of drug-likeness (QED) is 0.487. The van der Waals surface area contributed by atoms with Gasteiger partial charge in [0.05, 0.1) is 12.8 Å². The summed E-state index contributed by atoms with van der Waals surface area (Å²) in [7, 11) is -3.14. The summed E-state index contributed by atoms with van der Waals surface area (Å²) in [5, 5.41) is 5.76. The highest BCUT2D eigenvalue weighted by Crippen LogP contribution is 1.94. The summed E-state index contributed by atoms with van der Waals surface area (Å²) >= 11 is 0. The molecule has 0 aliphatic carbocycles. The fourth-order valence-corrected chi connectivity index (χ4v) is 1.77. The van der Waals surface area contributed by atoms with Crippen molar-refractivity contribution in [2.24, 2.45) is 0 Å². The lowest BCUT2D eigenvalue weighted by Crippen LogP contribution is -2.41. The Morgan fingerprint density at radius 2 is 1.76 bits per heavy atom. The first-order valence-electron chi connectivity index (χ1n) is 5.83. The van der Waals surface area contributed by atoms with E-state index in [0.717, 1.165) is 19.1 Å². The molecule has 3 N–H and O–H groups in total. The molecule has 0 saturated heterocycles. The lowest BCUT2D eigenvalue weighted by Gasteiger charge is -2.14. The summed E-state index contributed by atoms with van der Waals surface area (Å²) in [4.78, 5) is 11.4. The number of amides is 1. The summed E-state index contributed by atoms with van der Waals surface area (Å²) < 4.78 is 23.8. The van der Waals surface area contributed by atoms with E-state index in [1.165, 1.54) is 0 Å². The van der Waals surface area contributed by atoms with Gasteiger partial charge in [-0.3, -0.25) is 4.79 Å². The maximum absolute atomic E-state index is 11.4. The number of rotatable bonds is 9. The Balaban J connectivity index is 3.58. The minimum atomic E-state index is -3.14. The first kappa shape index (κ1) is 16.3. The molecule has 0 saturated carbocycles. The molecule has 0 spiro atoms. The van der Waals surface area contributed by atoms with Gasteiger partial charge in [-0.2, -0.15) is 0 Å². The molecule has 0 aromatic heterocycles. The predicted octanol–water partition coefficient (Wildman–Crippen LogP) is -0.570. The second-order valence-electron chi connectivity index (χ2n) is 3.92. The fraction of sp³-hybridized carbons (Fsp3) is 0.900. The minimum Gasteiger partial charge on any atom is -0.352 e. The van der Waals surface area contributed by atoms with Crippen LogP contribution < -0.4 is 15.4 Å². The van der Waals surface area contributed by atoms with Crippen LogP contribution in [0.3, 0.4) is 0 Å². The van der Waals surface area contributed by atoms with Crippen LogP contribution in [0.4, 0.5) is 0 Å². The molecule has 0 aromatic rings. The molecular weight excluding hydrogens is 242 g/mol. The van der Waals surface area contributed by atoms with Gasteiger partial charge < -0.3 is 10.6 Å². The molecule has 0 heterocycles. The molecule has 0 unspecified atom stereocenters. The fourth-order valence-electron chi connectivity index (χ4n) is 1.30. The smallest absolute Gasteiger partial charge is 0.234 e. The number of sulfonamides is 1. The van der Waals surface area contributed by atoms with Gasteiger partial charge in [0.15, 0.2) is 0 Å². The van der Waals surface area contributed by atoms with E-state index in [4.69, 9.17) is 0 Å². The van der Waals surface area contributed by atoms with E-state index in [1.54, 1.807) is 0 Å². The first-order chi connectivity index (χ1) is 7.89. The van der Waals surface area contributed by atoms with Crippen LogP contribution in [0.1, 0.15) is 26.7 Å². The average molecular weight is 265 g/mol. The summed E-state index contributed by atoms with van der Waals surface area (Å²) in [6, 6.07) is 0.221. The minimum absolute atomic E-state index is 0.0574. The van der Waals surface area contributed by atoms with Gasteiger partial charge in [0.25, 0.3) is 0 Å². The van der Waals surface area contributed by atoms with Crippen LogP contribution in [0.5, 0.6) is 0 Å². The highest BCUT2D eigenvalue weighted by molar-refractivity contribution is 7.88. The third-order valence-corrected chi connectivity index (χ3v) is 3.03. The first-order valence-corrected chi connectivity index (χ1v) is 7.72. The van der Waals surface area contributed by atoms with Gasteiger partial charge in [0.2, 0.25) is 15.9 Å². The Morgan fingerprint density at radius 3 is 2.24 bits per heavy atom. The van der Waals surface area contributed by atoms with Crippen LogP contribution in [0, 0.1) is 0 Å². The Kier molecular flexibility index (Phi) is 8.11. The number of nitrogens with one attached hydrogen (secondary N) is 3. The summed E-state index contributed by atoms with van der Waals surface area (Å²) in [5.41, 5.74) is 0. The topological polar surface area (TPSA) is 87.3 Å². The van der Waals surface area contributed by atoms with Gasteiger partial charge >= 0.3 is 0 Å². The zero-order valence-corrected chi connectivity index (χ0v) is 11.6. The van der Waals surface area contributed by atoms with Gasteiger partial charge in [-0.05, 0) is 12.8 Å². The van der Waals surface area contributed by atoms with Crippen LogP contribution in [-0.4, -0.2) is 46.3 Å². The molecule has 0 aliphatic heterocycles. The second kappa shape index (κ2) is 8.43. The van der Waals surface area contributed by atoms with E-state index in [-0.39, 0.29) is 25.0 Å². The maximum atomic E-state index is 11.4. The molecule has 1 amide bonds. The molecule has 0 atom stereocenters. The SMILES string of the molecule is CCC(CC)NC(=O)CNCCNS(C)(=O)=O. The molecule has 0 bridgehead atoms. The van der Waals surface area contributed by atoms with Gasteiger partial charge in [-0.15, -0.1) is 0 Å². The Hall–Kier alpha value is -0.660. The lowest BCUT2D eigenvalue weighted by atomic mass is 10.2. The Bertz CT molecular complexity index is 313. The highest BCUT2D eigenvalue weighted by atomic mass is 32.2. The summed E-state index contributed by atoms with van der Waals surface area (Å²) in [6.07, 6.45) is 2.93. The monoisotopic (exact) mass is 265 g/mol. The molecule has 6 nitrogen and oxygen atoms in total. The highest BCUT2D eigenvalue weighted by Gasteiger charge is 2.07. The Labute approximate surface area is 104 Å². The number of carbonyl (C=O) groups excluding carboxylic acids is 1. The standard InChI is InChI=1S/C10H23N3O3S/c1-4-9(5-2)13-10(14)8-11-6-7-12-17(3,15)16/h9,11-12H,4-8H2,1-3H3,(H,13,14). The summed E-state index contributed by atoms with van der Waals surface area (Å²) in [6.45, 7) is 4.98. The molecular formula is C10H23N3O3S. The lowest BCUT2D eigenvalue weighted by molar-refractivity contribution is -0.121. The Morgan fingerprint density at radius 1 is 1.18 bits per heavy atom. The van der Waals surface area contributed by atoms with Crippen molar-refractivity contribution >= 4 is 15.9 Å². The van der Waals surface area contributed by atoms with Crippen LogP contribution >= 0.6 is 0 Å². The van der Waals surface area contributed by atoms with Crippen molar-refractivity contribution in [3.8, 4) is 0 Å². The number of hydrogen-bond donors (Lipinski definition) is 3. The normalized spacial score (nSPS) is 11.8. The van der Waals surface area contributed by atoms with Gasteiger partial charge in [-0.25, -0.2) is 13.1 Å². The molecule has 7 heteroatoms. The molecule has 0 aromatic carbocycles. The number of carbonyl (C=O) groups is 1. The molecule has 0 fully saturated rings. The average Bonchev–Trinajstić information content (AvgIpc) is 2.23. The van der Waals surface area contributed by atoms with Crippen molar-refractivity contribution in [1.29, 1.82) is 0 Å². The second-order valence-corrected chi connectivity index (χ2v) is 5.76. The number of hydrogen-bond acceptors (Lipinski definition) is 4. The van der Waals surface area contributed by atoms with Gasteiger partial charge in [-0.1, -0.05) is 13.8 Å². The maximum Gasteiger partial charge on any atom is 0.234 e. The van der Waals surface area contributed by atoms with Crippen LogP contribution in [0.2, 0.25) is 0 Å². The van der Waals surface area contributed by atoms with Crippen molar-refractivity contribution in [2.75, 3.05) is 25.9 Å². The van der Waals surface area contributed by atoms with E-state index in [9.17, 15) is 13.2 Å². The van der Waals surface area contributed by atoms with E-state index in [0.29, 0.717) is 6.54 Å². The largest absolute Gasteiger partial charge is 0.352 e. The third-order valence-electron chi connectivity index (χ3n) is 2.30. The molecule has 0 radical (unpaired) electrons. The van der Waals surface area contributed by atoms with E-state index in [2.05, 4.69) is 15.4 Å². The third kappa shape index (κ3) is 10.2. The van der Waals surface area contributed by atoms with E-state index >= 15 is 0 Å². The van der Waals surface area contributed by atoms with E-state index < -0.39 is 10.0 Å². The van der Waals surface area contributed by atoms with Gasteiger partial charge in [0, 0.05) is 19.1 Å². The van der Waals surface area contributed by atoms with Crippen LogP contribution in [0.25, 0.3) is 0 Å². The predicted molar refractivity (Wildman–Crippen MR) is 68.2 cm³/mol. The van der Waals surface area contributed by atoms with Crippen molar-refractivity contribution < 1.29 is 13.2 Å². The van der Waals surface area contributed by atoms with Crippen LogP contribution in [0.15, 0.2) is 0 Å². The molecule has 17 heavy (non-hydrogen) atoms. The zero-order valence-electron chi connectivity index (χ0n) is 10.7. The van der Waals surface area contributed by atoms with Crippen LogP contribution in [-0.2, 0) is 14.8 Å². The van der Waals surface area contributed by atoms with Gasteiger partial charge in [0.1, 0.15) is 0 Å². The molecule has 102 valence electrons. The summed E-state index contributed by atoms with van der Waals surface area (Å²) in [5.74, 6) is -0.0574. The zero-order chi connectivity index (χ0) is 13.3. The van der Waals surface area contributed by atoms with Crippen molar-refractivity contribution in [3.63, 3.8) is 0 Å². The van der Waals surface area contributed by atoms with Crippen molar-refractivity contribution in [1.82, 2.24) is 15.4 Å².